The summed E-state index contributed by atoms with van der Waals surface area (Å²) in [6, 6.07) is 0.156. The summed E-state index contributed by atoms with van der Waals surface area (Å²) in [6.07, 6.45) is 0.966. The Balaban J connectivity index is 2.61. The molecule has 3 unspecified atom stereocenters. The molecule has 3 atom stereocenters. The number of carbonyl (C=O) groups is 2. The number of amides is 1. The van der Waals surface area contributed by atoms with Crippen molar-refractivity contribution in [3.63, 3.8) is 0 Å². The quantitative estimate of drug-likeness (QED) is 0.804. The number of hydrogen-bond donors (Lipinski definition) is 2. The summed E-state index contributed by atoms with van der Waals surface area (Å²) in [6.45, 7) is 9.40. The largest absolute Gasteiger partial charge is 0.481 e. The first-order chi connectivity index (χ1) is 9.16. The number of hydrogen-bond acceptors (Lipinski definition) is 3. The van der Waals surface area contributed by atoms with Gasteiger partial charge in [-0.3, -0.25) is 9.59 Å². The third kappa shape index (κ3) is 3.95. The summed E-state index contributed by atoms with van der Waals surface area (Å²) >= 11 is 0. The predicted octanol–water partition coefficient (Wildman–Crippen LogP) is 1.58. The van der Waals surface area contributed by atoms with Gasteiger partial charge in [0.05, 0.1) is 5.41 Å². The van der Waals surface area contributed by atoms with Crippen molar-refractivity contribution in [2.24, 2.45) is 17.3 Å². The molecular formula is C15H28N2O3. The zero-order valence-corrected chi connectivity index (χ0v) is 13.3. The van der Waals surface area contributed by atoms with Gasteiger partial charge in [-0.1, -0.05) is 20.8 Å². The van der Waals surface area contributed by atoms with Crippen LogP contribution in [0.2, 0.25) is 0 Å². The number of nitrogens with one attached hydrogen (secondary N) is 1. The van der Waals surface area contributed by atoms with Crippen LogP contribution >= 0.6 is 0 Å². The van der Waals surface area contributed by atoms with Crippen molar-refractivity contribution in [3.8, 4) is 0 Å². The third-order valence-electron chi connectivity index (χ3n) is 4.75. The number of rotatable bonds is 5. The number of piperidine rings is 1. The van der Waals surface area contributed by atoms with Gasteiger partial charge in [-0.2, -0.15) is 0 Å². The van der Waals surface area contributed by atoms with Crippen LogP contribution in [0.5, 0.6) is 0 Å². The maximum atomic E-state index is 12.2. The van der Waals surface area contributed by atoms with E-state index < -0.39 is 11.4 Å². The van der Waals surface area contributed by atoms with E-state index >= 15 is 0 Å². The van der Waals surface area contributed by atoms with Crippen LogP contribution in [0.25, 0.3) is 0 Å². The molecule has 0 aromatic rings. The molecule has 0 aromatic carbocycles. The van der Waals surface area contributed by atoms with Crippen molar-refractivity contribution in [2.75, 3.05) is 20.1 Å². The van der Waals surface area contributed by atoms with Crippen LogP contribution in [-0.2, 0) is 9.59 Å². The Kier molecular flexibility index (Phi) is 5.57. The van der Waals surface area contributed by atoms with Crippen LogP contribution in [0.1, 0.15) is 40.5 Å². The lowest BCUT2D eigenvalue weighted by Crippen LogP contribution is -2.50. The molecule has 0 bridgehead atoms. The van der Waals surface area contributed by atoms with Gasteiger partial charge >= 0.3 is 5.97 Å². The fourth-order valence-corrected chi connectivity index (χ4v) is 2.69. The molecule has 1 rings (SSSR count). The summed E-state index contributed by atoms with van der Waals surface area (Å²) in [7, 11) is 2.08. The van der Waals surface area contributed by atoms with Gasteiger partial charge in [0.25, 0.3) is 0 Å². The number of aliphatic carboxylic acids is 1. The topological polar surface area (TPSA) is 69.6 Å². The first-order valence-corrected chi connectivity index (χ1v) is 7.38. The van der Waals surface area contributed by atoms with Crippen LogP contribution in [-0.4, -0.2) is 48.1 Å². The zero-order valence-electron chi connectivity index (χ0n) is 13.3. The van der Waals surface area contributed by atoms with Crippen LogP contribution in [0.15, 0.2) is 0 Å². The van der Waals surface area contributed by atoms with E-state index in [4.69, 9.17) is 0 Å². The van der Waals surface area contributed by atoms with E-state index in [1.165, 1.54) is 0 Å². The minimum atomic E-state index is -1.00. The standard InChI is InChI=1S/C15H28N2O3/c1-10(2)15(4,14(19)20)8-13(18)16-12-6-7-17(5)9-11(12)3/h10-12H,6-9H2,1-5H3,(H,16,18)(H,19,20). The van der Waals surface area contributed by atoms with Crippen molar-refractivity contribution in [2.45, 2.75) is 46.6 Å². The van der Waals surface area contributed by atoms with E-state index in [9.17, 15) is 14.7 Å². The summed E-state index contributed by atoms with van der Waals surface area (Å²) < 4.78 is 0. The van der Waals surface area contributed by atoms with Crippen molar-refractivity contribution in [1.29, 1.82) is 0 Å². The van der Waals surface area contributed by atoms with Crippen molar-refractivity contribution < 1.29 is 14.7 Å². The molecule has 1 saturated heterocycles. The van der Waals surface area contributed by atoms with E-state index in [0.29, 0.717) is 5.92 Å². The summed E-state index contributed by atoms with van der Waals surface area (Å²) in [5.41, 5.74) is -1.00. The predicted molar refractivity (Wildman–Crippen MR) is 78.4 cm³/mol. The van der Waals surface area contributed by atoms with Crippen LogP contribution in [0.4, 0.5) is 0 Å². The van der Waals surface area contributed by atoms with Gasteiger partial charge in [-0.15, -0.1) is 0 Å². The lowest BCUT2D eigenvalue weighted by molar-refractivity contribution is -0.153. The van der Waals surface area contributed by atoms with Gasteiger partial charge in [0, 0.05) is 19.0 Å². The third-order valence-corrected chi connectivity index (χ3v) is 4.75. The van der Waals surface area contributed by atoms with Gasteiger partial charge < -0.3 is 15.3 Å². The zero-order chi connectivity index (χ0) is 15.5. The Morgan fingerprint density at radius 3 is 2.50 bits per heavy atom. The molecule has 1 aliphatic heterocycles. The van der Waals surface area contributed by atoms with Crippen LogP contribution in [0.3, 0.4) is 0 Å². The molecule has 0 radical (unpaired) electrons. The molecule has 1 aliphatic rings. The number of carboxylic acids is 1. The summed E-state index contributed by atoms with van der Waals surface area (Å²) in [4.78, 5) is 25.8. The number of carboxylic acid groups (broad SMARTS) is 1. The maximum Gasteiger partial charge on any atom is 0.310 e. The second-order valence-corrected chi connectivity index (χ2v) is 6.76. The second-order valence-electron chi connectivity index (χ2n) is 6.76. The van der Waals surface area contributed by atoms with Crippen molar-refractivity contribution in [3.05, 3.63) is 0 Å². The highest BCUT2D eigenvalue weighted by molar-refractivity contribution is 5.85. The molecular weight excluding hydrogens is 256 g/mol. The van der Waals surface area contributed by atoms with Crippen molar-refractivity contribution >= 4 is 11.9 Å². The highest BCUT2D eigenvalue weighted by Gasteiger charge is 2.39. The molecule has 5 nitrogen and oxygen atoms in total. The Labute approximate surface area is 121 Å². The average Bonchev–Trinajstić information content (AvgIpc) is 2.32. The molecule has 0 saturated carbocycles. The minimum Gasteiger partial charge on any atom is -0.481 e. The molecule has 0 spiro atoms. The Morgan fingerprint density at radius 1 is 1.45 bits per heavy atom. The number of nitrogens with zero attached hydrogens (tertiary/aromatic N) is 1. The normalized spacial score (nSPS) is 27.1. The van der Waals surface area contributed by atoms with Crippen LogP contribution < -0.4 is 5.32 Å². The van der Waals surface area contributed by atoms with Gasteiger partial charge in [0.15, 0.2) is 0 Å². The Hall–Kier alpha value is -1.10. The van der Waals surface area contributed by atoms with E-state index in [2.05, 4.69) is 24.2 Å². The first kappa shape index (κ1) is 17.0. The van der Waals surface area contributed by atoms with Gasteiger partial charge in [0.2, 0.25) is 5.91 Å². The van der Waals surface area contributed by atoms with E-state index in [1.807, 2.05) is 13.8 Å². The molecule has 0 aliphatic carbocycles. The SMILES string of the molecule is CC1CN(C)CCC1NC(=O)CC(C)(C(=O)O)C(C)C. The summed E-state index contributed by atoms with van der Waals surface area (Å²) in [5, 5.41) is 12.4. The van der Waals surface area contributed by atoms with Crippen LogP contribution in [0, 0.1) is 17.3 Å². The second kappa shape index (κ2) is 6.57. The highest BCUT2D eigenvalue weighted by Crippen LogP contribution is 2.31. The highest BCUT2D eigenvalue weighted by atomic mass is 16.4. The first-order valence-electron chi connectivity index (χ1n) is 7.38. The molecule has 0 aromatic heterocycles. The van der Waals surface area contributed by atoms with E-state index in [-0.39, 0.29) is 24.3 Å². The molecule has 116 valence electrons. The van der Waals surface area contributed by atoms with Gasteiger partial charge in [0.1, 0.15) is 0 Å². The fraction of sp³-hybridized carbons (Fsp3) is 0.867. The molecule has 5 heteroatoms. The Morgan fingerprint density at radius 2 is 2.05 bits per heavy atom. The van der Waals surface area contributed by atoms with Gasteiger partial charge in [-0.25, -0.2) is 0 Å². The number of likely N-dealkylation sites (tertiary alicyclic amines) is 1. The van der Waals surface area contributed by atoms with E-state index in [0.717, 1.165) is 19.5 Å². The van der Waals surface area contributed by atoms with E-state index in [1.54, 1.807) is 6.92 Å². The lowest BCUT2D eigenvalue weighted by Gasteiger charge is -2.36. The fourth-order valence-electron chi connectivity index (χ4n) is 2.69. The monoisotopic (exact) mass is 284 g/mol. The molecule has 1 fully saturated rings. The molecule has 2 N–H and O–H groups in total. The molecule has 20 heavy (non-hydrogen) atoms. The smallest absolute Gasteiger partial charge is 0.310 e. The molecule has 1 amide bonds. The van der Waals surface area contributed by atoms with Crippen molar-refractivity contribution in [1.82, 2.24) is 10.2 Å². The Bertz CT molecular complexity index is 370. The minimum absolute atomic E-state index is 0.0407. The number of carbonyl (C=O) groups excluding carboxylic acids is 1. The maximum absolute atomic E-state index is 12.2. The van der Waals surface area contributed by atoms with Gasteiger partial charge in [-0.05, 0) is 38.8 Å². The average molecular weight is 284 g/mol. The lowest BCUT2D eigenvalue weighted by atomic mass is 9.76. The summed E-state index contributed by atoms with van der Waals surface area (Å²) in [5.74, 6) is -0.738. The molecule has 1 heterocycles.